The van der Waals surface area contributed by atoms with Gasteiger partial charge in [0.1, 0.15) is 12.4 Å². The fourth-order valence-electron chi connectivity index (χ4n) is 2.64. The number of ether oxygens (including phenoxy) is 1. The Morgan fingerprint density at radius 1 is 1.30 bits per heavy atom. The van der Waals surface area contributed by atoms with Crippen LogP contribution >= 0.6 is 11.3 Å². The predicted molar refractivity (Wildman–Crippen MR) is 96.7 cm³/mol. The van der Waals surface area contributed by atoms with Gasteiger partial charge >= 0.3 is 5.97 Å². The molecular formula is C18H13FN4O3S. The molecule has 3 heterocycles. The van der Waals surface area contributed by atoms with Crippen molar-refractivity contribution in [1.29, 1.82) is 0 Å². The molecule has 9 heteroatoms. The van der Waals surface area contributed by atoms with Crippen molar-refractivity contribution in [2.24, 2.45) is 0 Å². The van der Waals surface area contributed by atoms with Gasteiger partial charge in [-0.1, -0.05) is 0 Å². The summed E-state index contributed by atoms with van der Waals surface area (Å²) in [5.74, 6) is -0.999. The number of hydrogen-bond donors (Lipinski definition) is 0. The summed E-state index contributed by atoms with van der Waals surface area (Å²) in [6, 6.07) is 6.99. The molecule has 1 aromatic carbocycles. The number of nitrogens with zero attached hydrogens (tertiary/aromatic N) is 4. The number of imidazole rings is 1. The molecule has 0 saturated carbocycles. The highest BCUT2D eigenvalue weighted by atomic mass is 32.1. The smallest absolute Gasteiger partial charge is 0.357 e. The third-order valence-electron chi connectivity index (χ3n) is 3.93. The molecule has 3 aromatic heterocycles. The van der Waals surface area contributed by atoms with Gasteiger partial charge in [-0.2, -0.15) is 0 Å². The Morgan fingerprint density at radius 3 is 2.85 bits per heavy atom. The molecule has 0 bridgehead atoms. The van der Waals surface area contributed by atoms with Crippen LogP contribution in [0, 0.1) is 12.7 Å². The number of benzene rings is 1. The second kappa shape index (κ2) is 6.76. The fourth-order valence-corrected chi connectivity index (χ4v) is 3.53. The Bertz CT molecular complexity index is 1190. The van der Waals surface area contributed by atoms with E-state index < -0.39 is 5.97 Å². The number of carbonyl (C=O) groups excluding carboxylic acids is 1. The summed E-state index contributed by atoms with van der Waals surface area (Å²) in [6.07, 6.45) is 2.80. The lowest BCUT2D eigenvalue weighted by Gasteiger charge is -2.08. The summed E-state index contributed by atoms with van der Waals surface area (Å²) in [6.45, 7) is 1.68. The largest absolute Gasteiger partial charge is 0.454 e. The molecule has 0 spiro atoms. The molecule has 0 aliphatic carbocycles. The van der Waals surface area contributed by atoms with Crippen LogP contribution in [0.2, 0.25) is 0 Å². The molecule has 0 saturated heterocycles. The van der Waals surface area contributed by atoms with E-state index in [1.807, 2.05) is 12.3 Å². The average Bonchev–Trinajstić information content (AvgIpc) is 3.28. The van der Waals surface area contributed by atoms with Crippen LogP contribution in [0.15, 0.2) is 53.0 Å². The summed E-state index contributed by atoms with van der Waals surface area (Å²) in [5, 5.41) is 1.83. The SMILES string of the molecule is Cc1csc2nc(COC(=O)c3cncn3-c3ccc(F)cc3)cc(=O)n12. The van der Waals surface area contributed by atoms with Crippen molar-refractivity contribution in [2.45, 2.75) is 13.5 Å². The summed E-state index contributed by atoms with van der Waals surface area (Å²) in [7, 11) is 0. The van der Waals surface area contributed by atoms with Crippen molar-refractivity contribution in [3.8, 4) is 5.69 Å². The topological polar surface area (TPSA) is 78.5 Å². The molecule has 0 atom stereocenters. The summed E-state index contributed by atoms with van der Waals surface area (Å²) >= 11 is 1.34. The van der Waals surface area contributed by atoms with Crippen LogP contribution in [-0.2, 0) is 11.3 Å². The van der Waals surface area contributed by atoms with Crippen molar-refractivity contribution in [3.05, 3.63) is 81.5 Å². The number of aromatic nitrogens is 4. The van der Waals surface area contributed by atoms with Gasteiger partial charge < -0.3 is 4.74 Å². The number of rotatable bonds is 4. The van der Waals surface area contributed by atoms with E-state index in [1.54, 1.807) is 0 Å². The number of carbonyl (C=O) groups is 1. The first-order chi connectivity index (χ1) is 13.0. The number of halogens is 1. The number of aryl methyl sites for hydroxylation is 1. The molecule has 0 N–H and O–H groups in total. The van der Waals surface area contributed by atoms with E-state index in [-0.39, 0.29) is 23.7 Å². The first kappa shape index (κ1) is 17.1. The van der Waals surface area contributed by atoms with Crippen LogP contribution in [0.1, 0.15) is 21.9 Å². The standard InChI is InChI=1S/C18H13FN4O3S/c1-11-9-27-18-21-13(6-16(24)23(11)18)8-26-17(25)15-7-20-10-22(15)14-4-2-12(19)3-5-14/h2-7,9-10H,8H2,1H3. The van der Waals surface area contributed by atoms with E-state index in [1.165, 1.54) is 63.2 Å². The van der Waals surface area contributed by atoms with Crippen LogP contribution in [-0.4, -0.2) is 24.9 Å². The first-order valence-electron chi connectivity index (χ1n) is 7.95. The molecule has 0 fully saturated rings. The van der Waals surface area contributed by atoms with Gasteiger partial charge in [0.15, 0.2) is 10.7 Å². The molecule has 0 unspecified atom stereocenters. The zero-order valence-electron chi connectivity index (χ0n) is 14.1. The molecule has 0 amide bonds. The van der Waals surface area contributed by atoms with Crippen LogP contribution in [0.3, 0.4) is 0 Å². The Kier molecular flexibility index (Phi) is 4.28. The lowest BCUT2D eigenvalue weighted by molar-refractivity contribution is 0.0458. The van der Waals surface area contributed by atoms with E-state index >= 15 is 0 Å². The van der Waals surface area contributed by atoms with E-state index in [0.717, 1.165) is 5.69 Å². The highest BCUT2D eigenvalue weighted by Crippen LogP contribution is 2.15. The molecule has 4 aromatic rings. The third-order valence-corrected chi connectivity index (χ3v) is 4.88. The lowest BCUT2D eigenvalue weighted by atomic mass is 10.3. The Labute approximate surface area is 156 Å². The maximum absolute atomic E-state index is 13.1. The van der Waals surface area contributed by atoms with Crippen LogP contribution < -0.4 is 5.56 Å². The van der Waals surface area contributed by atoms with Gasteiger partial charge in [-0.25, -0.2) is 19.2 Å². The zero-order valence-corrected chi connectivity index (χ0v) is 14.9. The van der Waals surface area contributed by atoms with Gasteiger partial charge in [0, 0.05) is 22.8 Å². The minimum Gasteiger partial charge on any atom is -0.454 e. The first-order valence-corrected chi connectivity index (χ1v) is 8.83. The Hall–Kier alpha value is -3.33. The number of esters is 1. The van der Waals surface area contributed by atoms with Gasteiger partial charge in [0.2, 0.25) is 0 Å². The average molecular weight is 384 g/mol. The summed E-state index contributed by atoms with van der Waals surface area (Å²) in [4.78, 5) is 33.4. The summed E-state index contributed by atoms with van der Waals surface area (Å²) in [5.41, 5.74) is 1.71. The van der Waals surface area contributed by atoms with Gasteiger partial charge in [-0.3, -0.25) is 13.8 Å². The van der Waals surface area contributed by atoms with E-state index in [4.69, 9.17) is 4.74 Å². The monoisotopic (exact) mass is 384 g/mol. The highest BCUT2D eigenvalue weighted by molar-refractivity contribution is 7.15. The second-order valence-corrected chi connectivity index (χ2v) is 6.62. The molecule has 4 rings (SSSR count). The third kappa shape index (κ3) is 3.24. The molecule has 0 aliphatic rings. The molecular weight excluding hydrogens is 371 g/mol. The van der Waals surface area contributed by atoms with Gasteiger partial charge in [0.25, 0.3) is 5.56 Å². The molecule has 0 radical (unpaired) electrons. The zero-order chi connectivity index (χ0) is 19.0. The number of hydrogen-bond acceptors (Lipinski definition) is 6. The second-order valence-electron chi connectivity index (χ2n) is 5.78. The number of thiazole rings is 1. The van der Waals surface area contributed by atoms with Crippen LogP contribution in [0.5, 0.6) is 0 Å². The van der Waals surface area contributed by atoms with Crippen molar-refractivity contribution in [3.63, 3.8) is 0 Å². The van der Waals surface area contributed by atoms with Crippen molar-refractivity contribution < 1.29 is 13.9 Å². The van der Waals surface area contributed by atoms with Crippen molar-refractivity contribution in [1.82, 2.24) is 18.9 Å². The van der Waals surface area contributed by atoms with E-state index in [2.05, 4.69) is 9.97 Å². The number of fused-ring (bicyclic) bond motifs is 1. The predicted octanol–water partition coefficient (Wildman–Crippen LogP) is 2.75. The fraction of sp³-hybridized carbons (Fsp3) is 0.111. The van der Waals surface area contributed by atoms with Gasteiger partial charge in [-0.15, -0.1) is 11.3 Å². The van der Waals surface area contributed by atoms with Gasteiger partial charge in [-0.05, 0) is 31.2 Å². The minimum absolute atomic E-state index is 0.143. The van der Waals surface area contributed by atoms with Gasteiger partial charge in [0.05, 0.1) is 18.2 Å². The Morgan fingerprint density at radius 2 is 2.07 bits per heavy atom. The highest BCUT2D eigenvalue weighted by Gasteiger charge is 2.16. The molecule has 0 aliphatic heterocycles. The lowest BCUT2D eigenvalue weighted by Crippen LogP contribution is -2.17. The maximum Gasteiger partial charge on any atom is 0.357 e. The van der Waals surface area contributed by atoms with E-state index in [9.17, 15) is 14.0 Å². The van der Waals surface area contributed by atoms with Crippen LogP contribution in [0.25, 0.3) is 10.6 Å². The van der Waals surface area contributed by atoms with Crippen molar-refractivity contribution >= 4 is 22.3 Å². The summed E-state index contributed by atoms with van der Waals surface area (Å²) < 4.78 is 21.4. The quantitative estimate of drug-likeness (QED) is 0.506. The van der Waals surface area contributed by atoms with E-state index in [0.29, 0.717) is 16.3 Å². The molecule has 27 heavy (non-hydrogen) atoms. The normalized spacial score (nSPS) is 11.0. The van der Waals surface area contributed by atoms with Crippen molar-refractivity contribution in [2.75, 3.05) is 0 Å². The molecule has 136 valence electrons. The maximum atomic E-state index is 13.1. The Balaban J connectivity index is 1.55. The van der Waals surface area contributed by atoms with Crippen LogP contribution in [0.4, 0.5) is 4.39 Å². The molecule has 7 nitrogen and oxygen atoms in total. The minimum atomic E-state index is -0.624.